The average Bonchev–Trinajstić information content (AvgIpc) is 2.48. The summed E-state index contributed by atoms with van der Waals surface area (Å²) in [4.78, 5) is 20.0. The van der Waals surface area contributed by atoms with Crippen molar-refractivity contribution in [1.82, 2.24) is 0 Å². The first-order chi connectivity index (χ1) is 10.9. The lowest BCUT2D eigenvalue weighted by atomic mass is 10.0. The fraction of sp³-hybridized carbons (Fsp3) is 0.176. The van der Waals surface area contributed by atoms with Crippen molar-refractivity contribution in [3.8, 4) is 0 Å². The van der Waals surface area contributed by atoms with Gasteiger partial charge in [-0.05, 0) is 11.2 Å². The molecule has 1 atom stereocenters. The van der Waals surface area contributed by atoms with Crippen molar-refractivity contribution in [3.05, 3.63) is 71.8 Å². The van der Waals surface area contributed by atoms with E-state index in [1.165, 1.54) is 0 Å². The molecule has 1 unspecified atom stereocenters. The lowest BCUT2D eigenvalue weighted by molar-refractivity contribution is -0.134. The van der Waals surface area contributed by atoms with Crippen molar-refractivity contribution < 1.29 is 19.2 Å². The highest BCUT2D eigenvalue weighted by Gasteiger charge is 2.27. The van der Waals surface area contributed by atoms with E-state index >= 15 is 0 Å². The molecule has 0 aromatic heterocycles. The van der Waals surface area contributed by atoms with E-state index in [0.717, 1.165) is 18.1 Å². The first-order valence-electron chi connectivity index (χ1n) is 6.86. The summed E-state index contributed by atoms with van der Waals surface area (Å²) in [6, 6.07) is 19.0. The quantitative estimate of drug-likeness (QED) is 0.818. The Balaban J connectivity index is 0.000000593. The number of benzene rings is 2. The predicted molar refractivity (Wildman–Crippen MR) is 90.2 cm³/mol. The molecule has 6 heteroatoms. The maximum Gasteiger partial charge on any atom is 0.300 e. The smallest absolute Gasteiger partial charge is 0.300 e. The molecule has 0 bridgehead atoms. The SMILES string of the molecule is CC(=O)O.NC(=O)C[S+]([O-])C(c1ccccc1)c1ccccc1. The van der Waals surface area contributed by atoms with E-state index in [-0.39, 0.29) is 11.0 Å². The molecule has 1 amide bonds. The van der Waals surface area contributed by atoms with E-state index in [2.05, 4.69) is 0 Å². The van der Waals surface area contributed by atoms with E-state index in [1.54, 1.807) is 0 Å². The summed E-state index contributed by atoms with van der Waals surface area (Å²) in [6.45, 7) is 1.08. The van der Waals surface area contributed by atoms with Gasteiger partial charge in [-0.25, -0.2) is 0 Å². The van der Waals surface area contributed by atoms with E-state index in [9.17, 15) is 9.35 Å². The Bertz CT molecular complexity index is 576. The highest BCUT2D eigenvalue weighted by Crippen LogP contribution is 2.30. The van der Waals surface area contributed by atoms with Crippen molar-refractivity contribution >= 4 is 23.1 Å². The van der Waals surface area contributed by atoms with E-state index in [4.69, 9.17) is 15.6 Å². The van der Waals surface area contributed by atoms with Crippen LogP contribution in [-0.4, -0.2) is 27.3 Å². The Labute approximate surface area is 138 Å². The summed E-state index contributed by atoms with van der Waals surface area (Å²) in [5, 5.41) is 7.09. The molecular formula is C17H19NO4S. The summed E-state index contributed by atoms with van der Waals surface area (Å²) in [5.74, 6) is -1.51. The molecule has 0 aliphatic carbocycles. The first-order valence-corrected chi connectivity index (χ1v) is 8.25. The highest BCUT2D eigenvalue weighted by atomic mass is 32.2. The third-order valence-corrected chi connectivity index (χ3v) is 4.39. The van der Waals surface area contributed by atoms with Crippen LogP contribution >= 0.6 is 0 Å². The number of hydrogen-bond acceptors (Lipinski definition) is 3. The fourth-order valence-corrected chi connectivity index (χ4v) is 3.34. The topological polar surface area (TPSA) is 103 Å². The van der Waals surface area contributed by atoms with E-state index < -0.39 is 23.1 Å². The molecule has 2 rings (SSSR count). The van der Waals surface area contributed by atoms with Gasteiger partial charge in [-0.3, -0.25) is 9.59 Å². The highest BCUT2D eigenvalue weighted by molar-refractivity contribution is 7.92. The minimum absolute atomic E-state index is 0.131. The Morgan fingerprint density at radius 2 is 1.39 bits per heavy atom. The number of carbonyl (C=O) groups excluding carboxylic acids is 1. The summed E-state index contributed by atoms with van der Waals surface area (Å²) in [6.07, 6.45) is 0. The number of amides is 1. The van der Waals surface area contributed by atoms with Gasteiger partial charge < -0.3 is 15.4 Å². The van der Waals surface area contributed by atoms with Crippen LogP contribution in [0.5, 0.6) is 0 Å². The molecule has 0 radical (unpaired) electrons. The summed E-state index contributed by atoms with van der Waals surface area (Å²) >= 11 is -1.36. The molecule has 5 nitrogen and oxygen atoms in total. The Kier molecular flexibility index (Phi) is 7.87. The van der Waals surface area contributed by atoms with Crippen molar-refractivity contribution in [3.63, 3.8) is 0 Å². The van der Waals surface area contributed by atoms with Crippen LogP contribution < -0.4 is 5.73 Å². The van der Waals surface area contributed by atoms with Gasteiger partial charge >= 0.3 is 0 Å². The predicted octanol–water partition coefficient (Wildman–Crippen LogP) is 2.10. The largest absolute Gasteiger partial charge is 0.615 e. The average molecular weight is 333 g/mol. The Hall–Kier alpha value is -2.31. The molecule has 122 valence electrons. The zero-order valence-electron chi connectivity index (χ0n) is 12.7. The van der Waals surface area contributed by atoms with Gasteiger partial charge in [-0.2, -0.15) is 0 Å². The van der Waals surface area contributed by atoms with Gasteiger partial charge in [0.1, 0.15) is 0 Å². The molecule has 0 saturated heterocycles. The van der Waals surface area contributed by atoms with E-state index in [1.807, 2.05) is 60.7 Å². The van der Waals surface area contributed by atoms with Crippen LogP contribution in [0.2, 0.25) is 0 Å². The number of rotatable bonds is 5. The van der Waals surface area contributed by atoms with Crippen LogP contribution in [0.25, 0.3) is 0 Å². The molecule has 0 saturated carbocycles. The molecule has 3 N–H and O–H groups in total. The maximum atomic E-state index is 12.4. The minimum atomic E-state index is -1.36. The molecule has 23 heavy (non-hydrogen) atoms. The van der Waals surface area contributed by atoms with Gasteiger partial charge in [0.2, 0.25) is 0 Å². The molecular weight excluding hydrogens is 314 g/mol. The van der Waals surface area contributed by atoms with Crippen LogP contribution in [0.3, 0.4) is 0 Å². The van der Waals surface area contributed by atoms with Crippen LogP contribution in [0.1, 0.15) is 23.3 Å². The standard InChI is InChI=1S/C15H15NO2S.C2H4O2/c16-14(17)11-19(18)15(12-7-3-1-4-8-12)13-9-5-2-6-10-13;1-2(3)4/h1-10,15H,11H2,(H2,16,17);1H3,(H,3,4). The van der Waals surface area contributed by atoms with Gasteiger partial charge in [0, 0.05) is 18.1 Å². The van der Waals surface area contributed by atoms with Crippen molar-refractivity contribution in [2.45, 2.75) is 12.2 Å². The molecule has 0 heterocycles. The summed E-state index contributed by atoms with van der Waals surface area (Å²) in [5.41, 5.74) is 7.00. The number of aliphatic carboxylic acids is 1. The zero-order chi connectivity index (χ0) is 17.2. The maximum absolute atomic E-state index is 12.4. The molecule has 0 fully saturated rings. The number of carbonyl (C=O) groups is 2. The van der Waals surface area contributed by atoms with Gasteiger partial charge in [-0.15, -0.1) is 0 Å². The fourth-order valence-electron chi connectivity index (χ4n) is 1.98. The third-order valence-electron chi connectivity index (χ3n) is 2.75. The third kappa shape index (κ3) is 6.99. The van der Waals surface area contributed by atoms with Gasteiger partial charge in [-0.1, -0.05) is 60.7 Å². The molecule has 2 aromatic carbocycles. The van der Waals surface area contributed by atoms with Crippen molar-refractivity contribution in [1.29, 1.82) is 0 Å². The van der Waals surface area contributed by atoms with Gasteiger partial charge in [0.15, 0.2) is 11.0 Å². The van der Waals surface area contributed by atoms with Crippen molar-refractivity contribution in [2.24, 2.45) is 5.73 Å². The lowest BCUT2D eigenvalue weighted by Gasteiger charge is -2.21. The second-order valence-corrected chi connectivity index (χ2v) is 6.23. The Morgan fingerprint density at radius 3 is 1.70 bits per heavy atom. The number of hydrogen-bond donors (Lipinski definition) is 2. The summed E-state index contributed by atoms with van der Waals surface area (Å²) < 4.78 is 12.4. The zero-order valence-corrected chi connectivity index (χ0v) is 13.5. The number of carboxylic acid groups (broad SMARTS) is 1. The van der Waals surface area contributed by atoms with Crippen LogP contribution in [0, 0.1) is 0 Å². The van der Waals surface area contributed by atoms with Crippen molar-refractivity contribution in [2.75, 3.05) is 5.75 Å². The second-order valence-electron chi connectivity index (χ2n) is 4.71. The summed E-state index contributed by atoms with van der Waals surface area (Å²) in [7, 11) is 0. The van der Waals surface area contributed by atoms with Gasteiger partial charge in [0.25, 0.3) is 11.9 Å². The van der Waals surface area contributed by atoms with Crippen LogP contribution in [0.4, 0.5) is 0 Å². The molecule has 0 aliphatic rings. The molecule has 2 aromatic rings. The number of nitrogens with two attached hydrogens (primary N) is 1. The lowest BCUT2D eigenvalue weighted by Crippen LogP contribution is -2.27. The van der Waals surface area contributed by atoms with E-state index in [0.29, 0.717) is 0 Å². The van der Waals surface area contributed by atoms with Crippen LogP contribution in [0.15, 0.2) is 60.7 Å². The minimum Gasteiger partial charge on any atom is -0.615 e. The monoisotopic (exact) mass is 333 g/mol. The molecule has 0 spiro atoms. The van der Waals surface area contributed by atoms with Crippen LogP contribution in [-0.2, 0) is 20.8 Å². The number of primary amides is 1. The second kappa shape index (κ2) is 9.66. The van der Waals surface area contributed by atoms with Gasteiger partial charge in [0.05, 0.1) is 0 Å². The Morgan fingerprint density at radius 1 is 1.04 bits per heavy atom. The number of carboxylic acids is 1. The normalized spacial score (nSPS) is 11.3. The molecule has 0 aliphatic heterocycles. The first kappa shape index (κ1) is 18.7.